The zero-order valence-corrected chi connectivity index (χ0v) is 11.2. The third-order valence-electron chi connectivity index (χ3n) is 2.99. The number of rotatable bonds is 3. The summed E-state index contributed by atoms with van der Waals surface area (Å²) in [6, 6.07) is 9.72. The number of aryl methyl sites for hydroxylation is 1. The zero-order valence-electron chi connectivity index (χ0n) is 10.5. The van der Waals surface area contributed by atoms with Gasteiger partial charge in [-0.3, -0.25) is 0 Å². The highest BCUT2D eigenvalue weighted by molar-refractivity contribution is 6.30. The molecule has 0 saturated carbocycles. The number of imidazole rings is 1. The summed E-state index contributed by atoms with van der Waals surface area (Å²) in [4.78, 5) is 8.70. The zero-order chi connectivity index (χ0) is 13.2. The molecule has 1 aromatic carbocycles. The molecular weight excluding hydrogens is 260 g/mol. The summed E-state index contributed by atoms with van der Waals surface area (Å²) in [7, 11) is 1.97. The predicted molar refractivity (Wildman–Crippen MR) is 77.3 cm³/mol. The highest BCUT2D eigenvalue weighted by Gasteiger charge is 2.06. The summed E-state index contributed by atoms with van der Waals surface area (Å²) in [5.74, 6) is 0.790. The SMILES string of the molecule is Cn1cnc2c(NCc3cccc(Cl)c3)nccc21. The minimum Gasteiger partial charge on any atom is -0.364 e. The van der Waals surface area contributed by atoms with Gasteiger partial charge in [-0.1, -0.05) is 23.7 Å². The van der Waals surface area contributed by atoms with Gasteiger partial charge in [0.2, 0.25) is 0 Å². The molecule has 0 amide bonds. The van der Waals surface area contributed by atoms with Crippen molar-refractivity contribution in [3.8, 4) is 0 Å². The molecular formula is C14H13ClN4. The number of halogens is 1. The van der Waals surface area contributed by atoms with Crippen molar-refractivity contribution >= 4 is 28.5 Å². The van der Waals surface area contributed by atoms with E-state index < -0.39 is 0 Å². The first-order valence-corrected chi connectivity index (χ1v) is 6.36. The van der Waals surface area contributed by atoms with E-state index in [1.165, 1.54) is 0 Å². The fourth-order valence-corrected chi connectivity index (χ4v) is 2.24. The predicted octanol–water partition coefficient (Wildman–Crippen LogP) is 3.23. The van der Waals surface area contributed by atoms with Crippen molar-refractivity contribution < 1.29 is 0 Å². The first-order chi connectivity index (χ1) is 9.24. The van der Waals surface area contributed by atoms with Crippen LogP contribution in [0.5, 0.6) is 0 Å². The maximum Gasteiger partial charge on any atom is 0.154 e. The number of aromatic nitrogens is 3. The van der Waals surface area contributed by atoms with E-state index in [-0.39, 0.29) is 0 Å². The van der Waals surface area contributed by atoms with Gasteiger partial charge in [0.1, 0.15) is 5.52 Å². The highest BCUT2D eigenvalue weighted by atomic mass is 35.5. The lowest BCUT2D eigenvalue weighted by atomic mass is 10.2. The van der Waals surface area contributed by atoms with E-state index in [0.29, 0.717) is 6.54 Å². The third kappa shape index (κ3) is 2.39. The molecule has 0 aliphatic rings. The molecule has 3 aromatic rings. The maximum atomic E-state index is 5.97. The lowest BCUT2D eigenvalue weighted by Crippen LogP contribution is -2.02. The van der Waals surface area contributed by atoms with Crippen molar-refractivity contribution in [2.24, 2.45) is 7.05 Å². The molecule has 4 nitrogen and oxygen atoms in total. The van der Waals surface area contributed by atoms with E-state index in [9.17, 15) is 0 Å². The summed E-state index contributed by atoms with van der Waals surface area (Å²) in [5, 5.41) is 4.04. The topological polar surface area (TPSA) is 42.7 Å². The van der Waals surface area contributed by atoms with E-state index in [1.54, 1.807) is 12.5 Å². The van der Waals surface area contributed by atoms with Gasteiger partial charge in [-0.15, -0.1) is 0 Å². The van der Waals surface area contributed by atoms with Crippen molar-refractivity contribution in [3.05, 3.63) is 53.4 Å². The second-order valence-electron chi connectivity index (χ2n) is 4.37. The average molecular weight is 273 g/mol. The molecule has 0 spiro atoms. The second kappa shape index (κ2) is 4.90. The van der Waals surface area contributed by atoms with Crippen LogP contribution in [-0.2, 0) is 13.6 Å². The highest BCUT2D eigenvalue weighted by Crippen LogP contribution is 2.19. The quantitative estimate of drug-likeness (QED) is 0.796. The van der Waals surface area contributed by atoms with E-state index >= 15 is 0 Å². The molecule has 96 valence electrons. The fourth-order valence-electron chi connectivity index (χ4n) is 2.02. The van der Waals surface area contributed by atoms with Crippen molar-refractivity contribution in [2.75, 3.05) is 5.32 Å². The van der Waals surface area contributed by atoms with Gasteiger partial charge in [-0.2, -0.15) is 0 Å². The molecule has 19 heavy (non-hydrogen) atoms. The van der Waals surface area contributed by atoms with Gasteiger partial charge in [-0.25, -0.2) is 9.97 Å². The minimum absolute atomic E-state index is 0.670. The van der Waals surface area contributed by atoms with Gasteiger partial charge >= 0.3 is 0 Å². The van der Waals surface area contributed by atoms with E-state index in [1.807, 2.05) is 41.9 Å². The number of anilines is 1. The Morgan fingerprint density at radius 1 is 1.26 bits per heavy atom. The number of hydrogen-bond acceptors (Lipinski definition) is 3. The van der Waals surface area contributed by atoms with Crippen molar-refractivity contribution in [2.45, 2.75) is 6.54 Å². The van der Waals surface area contributed by atoms with Gasteiger partial charge < -0.3 is 9.88 Å². The lowest BCUT2D eigenvalue weighted by Gasteiger charge is -2.06. The number of pyridine rings is 1. The van der Waals surface area contributed by atoms with Crippen molar-refractivity contribution in [3.63, 3.8) is 0 Å². The van der Waals surface area contributed by atoms with E-state index in [0.717, 1.165) is 27.4 Å². The number of fused-ring (bicyclic) bond motifs is 1. The fraction of sp³-hybridized carbons (Fsp3) is 0.143. The molecule has 3 rings (SSSR count). The van der Waals surface area contributed by atoms with Crippen LogP contribution in [-0.4, -0.2) is 14.5 Å². The van der Waals surface area contributed by atoms with Crippen LogP contribution in [0.4, 0.5) is 5.82 Å². The standard InChI is InChI=1S/C14H13ClN4/c1-19-9-18-13-12(19)5-6-16-14(13)17-8-10-3-2-4-11(15)7-10/h2-7,9H,8H2,1H3,(H,16,17). The molecule has 0 saturated heterocycles. The van der Waals surface area contributed by atoms with Gasteiger partial charge in [-0.05, 0) is 23.8 Å². The molecule has 0 fully saturated rings. The summed E-state index contributed by atoms with van der Waals surface area (Å²) in [6.07, 6.45) is 3.57. The largest absolute Gasteiger partial charge is 0.364 e. The van der Waals surface area contributed by atoms with Crippen LogP contribution < -0.4 is 5.32 Å². The van der Waals surface area contributed by atoms with Crippen LogP contribution in [0.25, 0.3) is 11.0 Å². The summed E-state index contributed by atoms with van der Waals surface area (Å²) >= 11 is 5.97. The van der Waals surface area contributed by atoms with Gasteiger partial charge in [0, 0.05) is 24.8 Å². The smallest absolute Gasteiger partial charge is 0.154 e. The van der Waals surface area contributed by atoms with Crippen LogP contribution in [0.2, 0.25) is 5.02 Å². The minimum atomic E-state index is 0.670. The van der Waals surface area contributed by atoms with Gasteiger partial charge in [0.25, 0.3) is 0 Å². The van der Waals surface area contributed by atoms with E-state index in [4.69, 9.17) is 11.6 Å². The Morgan fingerprint density at radius 3 is 3.00 bits per heavy atom. The Hall–Kier alpha value is -2.07. The monoisotopic (exact) mass is 272 g/mol. The van der Waals surface area contributed by atoms with Gasteiger partial charge in [0.15, 0.2) is 5.82 Å². The number of hydrogen-bond donors (Lipinski definition) is 1. The maximum absolute atomic E-state index is 5.97. The molecule has 2 aromatic heterocycles. The molecule has 0 atom stereocenters. The molecule has 0 aliphatic heterocycles. The van der Waals surface area contributed by atoms with Crippen molar-refractivity contribution in [1.82, 2.24) is 14.5 Å². The van der Waals surface area contributed by atoms with Crippen LogP contribution in [0, 0.1) is 0 Å². The Bertz CT molecular complexity index is 720. The molecule has 5 heteroatoms. The van der Waals surface area contributed by atoms with Crippen LogP contribution in [0.1, 0.15) is 5.56 Å². The van der Waals surface area contributed by atoms with Crippen LogP contribution in [0.3, 0.4) is 0 Å². The Labute approximate surface area is 116 Å². The summed E-state index contributed by atoms with van der Waals surface area (Å²) in [6.45, 7) is 0.670. The van der Waals surface area contributed by atoms with E-state index in [2.05, 4.69) is 15.3 Å². The molecule has 2 heterocycles. The van der Waals surface area contributed by atoms with Gasteiger partial charge in [0.05, 0.1) is 11.8 Å². The van der Waals surface area contributed by atoms with Crippen LogP contribution in [0.15, 0.2) is 42.9 Å². The number of nitrogens with zero attached hydrogens (tertiary/aromatic N) is 3. The first-order valence-electron chi connectivity index (χ1n) is 5.98. The molecule has 0 unspecified atom stereocenters. The molecule has 0 radical (unpaired) electrons. The Morgan fingerprint density at radius 2 is 2.16 bits per heavy atom. The summed E-state index contributed by atoms with van der Waals surface area (Å²) < 4.78 is 1.97. The normalized spacial score (nSPS) is 10.8. The average Bonchev–Trinajstić information content (AvgIpc) is 2.79. The number of benzene rings is 1. The molecule has 0 bridgehead atoms. The molecule has 1 N–H and O–H groups in total. The first kappa shape index (κ1) is 12.0. The molecule has 0 aliphatic carbocycles. The third-order valence-corrected chi connectivity index (χ3v) is 3.23. The Balaban J connectivity index is 1.86. The Kier molecular flexibility index (Phi) is 3.09. The lowest BCUT2D eigenvalue weighted by molar-refractivity contribution is 0.947. The number of nitrogens with one attached hydrogen (secondary N) is 1. The summed E-state index contributed by atoms with van der Waals surface area (Å²) in [5.41, 5.74) is 3.05. The second-order valence-corrected chi connectivity index (χ2v) is 4.80. The van der Waals surface area contributed by atoms with Crippen LogP contribution >= 0.6 is 11.6 Å². The van der Waals surface area contributed by atoms with Crippen molar-refractivity contribution in [1.29, 1.82) is 0 Å².